The van der Waals surface area contributed by atoms with Gasteiger partial charge in [-0.3, -0.25) is 14.5 Å². The van der Waals surface area contributed by atoms with Gasteiger partial charge in [0.25, 0.3) is 11.8 Å². The molecule has 0 saturated carbocycles. The molecule has 3 atom stereocenters. The maximum absolute atomic E-state index is 12.7. The van der Waals surface area contributed by atoms with Gasteiger partial charge in [-0.15, -0.1) is 0 Å². The highest BCUT2D eigenvalue weighted by Crippen LogP contribution is 2.28. The minimum absolute atomic E-state index is 0.0710. The first-order valence-electron chi connectivity index (χ1n) is 10.2. The van der Waals surface area contributed by atoms with Crippen molar-refractivity contribution in [3.05, 3.63) is 66.2 Å². The third kappa shape index (κ3) is 5.86. The molecule has 3 unspecified atom stereocenters. The number of hydrogen-bond acceptors (Lipinski definition) is 8. The number of rotatable bonds is 11. The molecule has 1 saturated heterocycles. The van der Waals surface area contributed by atoms with E-state index in [0.29, 0.717) is 5.75 Å². The number of esters is 1. The van der Waals surface area contributed by atoms with Crippen LogP contribution in [0, 0.1) is 0 Å². The van der Waals surface area contributed by atoms with E-state index in [1.165, 1.54) is 14.2 Å². The predicted octanol–water partition coefficient (Wildman–Crippen LogP) is 0.442. The molecule has 0 bridgehead atoms. The molecule has 2 aromatic rings. The summed E-state index contributed by atoms with van der Waals surface area (Å²) in [5.41, 5.74) is 0.722. The highest BCUT2D eigenvalue weighted by molar-refractivity contribution is 5.96. The highest BCUT2D eigenvalue weighted by atomic mass is 16.7. The molecule has 0 aromatic heterocycles. The Labute approximate surface area is 191 Å². The molecule has 0 aliphatic carbocycles. The lowest BCUT2D eigenvalue weighted by Gasteiger charge is -2.50. The number of aliphatic hydroxyl groups excluding tert-OH is 1. The molecule has 33 heavy (non-hydrogen) atoms. The van der Waals surface area contributed by atoms with Gasteiger partial charge in [-0.05, 0) is 17.7 Å². The van der Waals surface area contributed by atoms with Crippen molar-refractivity contribution in [2.75, 3.05) is 20.8 Å². The third-order valence-corrected chi connectivity index (χ3v) is 5.05. The maximum Gasteiger partial charge on any atom is 0.356 e. The van der Waals surface area contributed by atoms with Crippen molar-refractivity contribution in [2.24, 2.45) is 0 Å². The number of hydrogen-bond donors (Lipinski definition) is 2. The molecule has 2 N–H and O–H groups in total. The summed E-state index contributed by atoms with van der Waals surface area (Å²) >= 11 is 0. The minimum atomic E-state index is -1.90. The second kappa shape index (κ2) is 11.4. The van der Waals surface area contributed by atoms with E-state index in [4.69, 9.17) is 18.9 Å². The summed E-state index contributed by atoms with van der Waals surface area (Å²) in [6.45, 7) is -0.398. The van der Waals surface area contributed by atoms with E-state index in [0.717, 1.165) is 10.5 Å². The molecule has 2 amide bonds. The van der Waals surface area contributed by atoms with E-state index in [1.807, 2.05) is 12.1 Å². The van der Waals surface area contributed by atoms with Gasteiger partial charge >= 0.3 is 5.97 Å². The van der Waals surface area contributed by atoms with Crippen molar-refractivity contribution < 1.29 is 38.4 Å². The van der Waals surface area contributed by atoms with Crippen LogP contribution in [-0.4, -0.2) is 73.2 Å². The fourth-order valence-corrected chi connectivity index (χ4v) is 3.42. The Morgan fingerprint density at radius 2 is 1.64 bits per heavy atom. The van der Waals surface area contributed by atoms with Crippen molar-refractivity contribution in [3.8, 4) is 5.75 Å². The van der Waals surface area contributed by atoms with Gasteiger partial charge in [-0.2, -0.15) is 0 Å². The zero-order valence-electron chi connectivity index (χ0n) is 18.2. The number of β-lactam (4-membered cyclic amide) rings is 1. The SMILES string of the molecule is COC(OC)C1C(NC(=O)COc2ccccc2)C(=O)N1C(O)C(=O)OCc1ccccc1. The van der Waals surface area contributed by atoms with Gasteiger partial charge in [-0.25, -0.2) is 4.79 Å². The van der Waals surface area contributed by atoms with Crippen LogP contribution in [0.4, 0.5) is 0 Å². The number of nitrogens with one attached hydrogen (secondary N) is 1. The van der Waals surface area contributed by atoms with E-state index in [1.54, 1.807) is 48.5 Å². The molecular formula is C23H26N2O8. The number of amides is 2. The van der Waals surface area contributed by atoms with E-state index in [2.05, 4.69) is 5.32 Å². The highest BCUT2D eigenvalue weighted by Gasteiger charge is 2.56. The van der Waals surface area contributed by atoms with E-state index in [9.17, 15) is 19.5 Å². The molecular weight excluding hydrogens is 432 g/mol. The van der Waals surface area contributed by atoms with Gasteiger partial charge in [0.1, 0.15) is 24.4 Å². The Balaban J connectivity index is 1.62. The van der Waals surface area contributed by atoms with Crippen LogP contribution in [0.2, 0.25) is 0 Å². The molecule has 2 aromatic carbocycles. The quantitative estimate of drug-likeness (QED) is 0.283. The summed E-state index contributed by atoms with van der Waals surface area (Å²) in [4.78, 5) is 38.3. The average Bonchev–Trinajstić information content (AvgIpc) is 2.85. The molecule has 176 valence electrons. The number of para-hydroxylation sites is 1. The van der Waals surface area contributed by atoms with Gasteiger partial charge in [0.15, 0.2) is 12.9 Å². The first kappa shape index (κ1) is 24.2. The van der Waals surface area contributed by atoms with E-state index in [-0.39, 0.29) is 13.2 Å². The summed E-state index contributed by atoms with van der Waals surface area (Å²) in [5.74, 6) is -1.76. The van der Waals surface area contributed by atoms with Crippen LogP contribution in [0.3, 0.4) is 0 Å². The number of likely N-dealkylation sites (tertiary alicyclic amines) is 1. The van der Waals surface area contributed by atoms with Gasteiger partial charge in [0.05, 0.1) is 0 Å². The van der Waals surface area contributed by atoms with E-state index < -0.39 is 42.4 Å². The second-order valence-electron chi connectivity index (χ2n) is 7.19. The van der Waals surface area contributed by atoms with Gasteiger partial charge in [-0.1, -0.05) is 48.5 Å². The van der Waals surface area contributed by atoms with Gasteiger partial charge in [0, 0.05) is 14.2 Å². The van der Waals surface area contributed by atoms with Crippen LogP contribution in [0.1, 0.15) is 5.56 Å². The summed E-state index contributed by atoms with van der Waals surface area (Å²) in [6, 6.07) is 15.6. The smallest absolute Gasteiger partial charge is 0.356 e. The zero-order chi connectivity index (χ0) is 23.8. The lowest BCUT2D eigenvalue weighted by Crippen LogP contribution is -2.77. The van der Waals surface area contributed by atoms with Gasteiger partial charge in [0.2, 0.25) is 6.23 Å². The third-order valence-electron chi connectivity index (χ3n) is 5.05. The first-order chi connectivity index (χ1) is 16.0. The molecule has 1 heterocycles. The first-order valence-corrected chi connectivity index (χ1v) is 10.2. The van der Waals surface area contributed by atoms with Crippen LogP contribution in [-0.2, 0) is 35.2 Å². The van der Waals surface area contributed by atoms with Gasteiger partial charge < -0.3 is 29.4 Å². The number of carbonyl (C=O) groups excluding carboxylic acids is 3. The number of benzene rings is 2. The summed E-state index contributed by atoms with van der Waals surface area (Å²) < 4.78 is 20.9. The second-order valence-corrected chi connectivity index (χ2v) is 7.19. The van der Waals surface area contributed by atoms with Crippen LogP contribution in [0.5, 0.6) is 5.75 Å². The Morgan fingerprint density at radius 3 is 2.24 bits per heavy atom. The monoisotopic (exact) mass is 458 g/mol. The summed E-state index contributed by atoms with van der Waals surface area (Å²) in [5, 5.41) is 13.0. The molecule has 1 fully saturated rings. The summed E-state index contributed by atoms with van der Waals surface area (Å²) in [7, 11) is 2.68. The van der Waals surface area contributed by atoms with Crippen molar-refractivity contribution in [1.29, 1.82) is 0 Å². The predicted molar refractivity (Wildman–Crippen MR) is 115 cm³/mol. The molecule has 10 nitrogen and oxygen atoms in total. The Morgan fingerprint density at radius 1 is 1.03 bits per heavy atom. The largest absolute Gasteiger partial charge is 0.484 e. The van der Waals surface area contributed by atoms with Crippen molar-refractivity contribution in [2.45, 2.75) is 31.2 Å². The van der Waals surface area contributed by atoms with Crippen LogP contribution in [0.15, 0.2) is 60.7 Å². The Hall–Kier alpha value is -3.47. The zero-order valence-corrected chi connectivity index (χ0v) is 18.2. The average molecular weight is 458 g/mol. The fraction of sp³-hybridized carbons (Fsp3) is 0.348. The maximum atomic E-state index is 12.7. The van der Waals surface area contributed by atoms with Crippen LogP contribution >= 0.6 is 0 Å². The van der Waals surface area contributed by atoms with Crippen molar-refractivity contribution >= 4 is 17.8 Å². The molecule has 3 rings (SSSR count). The minimum Gasteiger partial charge on any atom is -0.484 e. The van der Waals surface area contributed by atoms with Crippen LogP contribution in [0.25, 0.3) is 0 Å². The summed E-state index contributed by atoms with van der Waals surface area (Å²) in [6.07, 6.45) is -2.91. The molecule has 0 radical (unpaired) electrons. The van der Waals surface area contributed by atoms with Crippen molar-refractivity contribution in [3.63, 3.8) is 0 Å². The number of carbonyl (C=O) groups is 3. The normalized spacial score (nSPS) is 18.4. The van der Waals surface area contributed by atoms with Crippen LogP contribution < -0.4 is 10.1 Å². The molecule has 10 heteroatoms. The fourth-order valence-electron chi connectivity index (χ4n) is 3.42. The lowest BCUT2D eigenvalue weighted by molar-refractivity contribution is -0.222. The molecule has 0 spiro atoms. The number of methoxy groups -OCH3 is 2. The Bertz CT molecular complexity index is 936. The standard InChI is InChI=1S/C23H26N2O8/c1-30-23(31-2)19-18(24-17(26)14-32-16-11-7-4-8-12-16)20(27)25(19)21(28)22(29)33-13-15-9-5-3-6-10-15/h3-12,18-19,21,23,28H,13-14H2,1-2H3,(H,24,26). The number of ether oxygens (including phenoxy) is 4. The molecule has 1 aliphatic heterocycles. The van der Waals surface area contributed by atoms with E-state index >= 15 is 0 Å². The topological polar surface area (TPSA) is 124 Å². The number of nitrogens with zero attached hydrogens (tertiary/aromatic N) is 1. The Kier molecular flexibility index (Phi) is 8.36. The van der Waals surface area contributed by atoms with Crippen molar-refractivity contribution in [1.82, 2.24) is 10.2 Å². The lowest BCUT2D eigenvalue weighted by atomic mass is 9.93. The number of aliphatic hydroxyl groups is 1. The molecule has 1 aliphatic rings.